The molecule has 150 valence electrons. The first-order chi connectivity index (χ1) is 13.7. The first kappa shape index (κ1) is 20.3. The van der Waals surface area contributed by atoms with Crippen LogP contribution in [0.4, 0.5) is 17.6 Å². The third-order valence-corrected chi connectivity index (χ3v) is 4.72. The molecule has 0 saturated carbocycles. The van der Waals surface area contributed by atoms with Crippen molar-refractivity contribution >= 4 is 10.7 Å². The molecule has 0 N–H and O–H groups in total. The van der Waals surface area contributed by atoms with Gasteiger partial charge in [0.25, 0.3) is 0 Å². The van der Waals surface area contributed by atoms with Gasteiger partial charge in [-0.3, -0.25) is 0 Å². The molecule has 0 aliphatic carbocycles. The Bertz CT molecular complexity index is 1180. The molecule has 0 bridgehead atoms. The Morgan fingerprint density at radius 2 is 1.79 bits per heavy atom. The number of nitrogens with zero attached hydrogens (tertiary/aromatic N) is 3. The van der Waals surface area contributed by atoms with E-state index in [1.165, 1.54) is 49.6 Å². The van der Waals surface area contributed by atoms with E-state index in [9.17, 15) is 31.2 Å². The lowest BCUT2D eigenvalue weighted by Crippen LogP contribution is -2.08. The van der Waals surface area contributed by atoms with E-state index >= 15 is 0 Å². The molecule has 6 nitrogen and oxygen atoms in total. The number of rotatable bonds is 4. The van der Waals surface area contributed by atoms with Gasteiger partial charge in [0.1, 0.15) is 11.6 Å². The number of halogens is 4. The van der Waals surface area contributed by atoms with Crippen LogP contribution >= 0.6 is 0 Å². The predicted molar refractivity (Wildman–Crippen MR) is 93.8 cm³/mol. The summed E-state index contributed by atoms with van der Waals surface area (Å²) < 4.78 is 82.1. The van der Waals surface area contributed by atoms with E-state index in [1.54, 1.807) is 0 Å². The third-order valence-electron chi connectivity index (χ3n) is 4.00. The van der Waals surface area contributed by atoms with Crippen molar-refractivity contribution < 1.29 is 30.7 Å². The summed E-state index contributed by atoms with van der Waals surface area (Å²) in [7, 11) is -1.66. The second kappa shape index (κ2) is 7.56. The van der Waals surface area contributed by atoms with Gasteiger partial charge in [-0.2, -0.15) is 23.5 Å². The smallest absolute Gasteiger partial charge is 0.436 e. The van der Waals surface area contributed by atoms with Crippen LogP contribution in [0.15, 0.2) is 47.4 Å². The molecule has 0 atom stereocenters. The Morgan fingerprint density at radius 1 is 1.14 bits per heavy atom. The average molecular weight is 425 g/mol. The highest BCUT2D eigenvalue weighted by Gasteiger charge is 2.40. The van der Waals surface area contributed by atoms with E-state index in [-0.39, 0.29) is 27.6 Å². The van der Waals surface area contributed by atoms with E-state index in [2.05, 4.69) is 5.10 Å². The quantitative estimate of drug-likeness (QED) is 0.511. The summed E-state index contributed by atoms with van der Waals surface area (Å²) in [5.41, 5.74) is -2.50. The number of aromatic nitrogens is 2. The van der Waals surface area contributed by atoms with Crippen LogP contribution in [0.25, 0.3) is 16.9 Å². The summed E-state index contributed by atoms with van der Waals surface area (Å²) in [6.07, 6.45) is -4.94. The summed E-state index contributed by atoms with van der Waals surface area (Å²) in [5.74, 6) is -0.966. The lowest BCUT2D eigenvalue weighted by atomic mass is 10.1. The molecule has 0 aliphatic heterocycles. The molecule has 0 aliphatic rings. The van der Waals surface area contributed by atoms with E-state index in [4.69, 9.17) is 4.74 Å². The molecule has 11 heteroatoms. The molecular weight excluding hydrogens is 414 g/mol. The van der Waals surface area contributed by atoms with Crippen molar-refractivity contribution in [3.8, 4) is 28.8 Å². The lowest BCUT2D eigenvalue weighted by molar-refractivity contribution is -0.141. The summed E-state index contributed by atoms with van der Waals surface area (Å²) in [5, 5.41) is 12.9. The lowest BCUT2D eigenvalue weighted by Gasteiger charge is -2.10. The highest BCUT2D eigenvalue weighted by atomic mass is 32.2. The van der Waals surface area contributed by atoms with Crippen LogP contribution in [-0.2, 0) is 16.9 Å². The zero-order valence-electron chi connectivity index (χ0n) is 14.6. The molecule has 0 fully saturated rings. The first-order valence-electron chi connectivity index (χ1n) is 7.86. The minimum absolute atomic E-state index is 0.0400. The maximum absolute atomic E-state index is 14.2. The molecule has 29 heavy (non-hydrogen) atoms. The van der Waals surface area contributed by atoms with Crippen molar-refractivity contribution in [3.63, 3.8) is 0 Å². The van der Waals surface area contributed by atoms with Gasteiger partial charge in [0.2, 0.25) is 0 Å². The summed E-state index contributed by atoms with van der Waals surface area (Å²) in [4.78, 5) is -0.0514. The highest BCUT2D eigenvalue weighted by molar-refractivity contribution is 7.72. The minimum atomic E-state index is -4.94. The topological polar surface area (TPSA) is 85.0 Å². The fraction of sp³-hybridized carbons (Fsp3) is 0.111. The highest BCUT2D eigenvalue weighted by Crippen LogP contribution is 2.38. The molecule has 1 heterocycles. The molecule has 2 aromatic carbocycles. The Kier molecular flexibility index (Phi) is 5.30. The molecule has 0 amide bonds. The van der Waals surface area contributed by atoms with Gasteiger partial charge in [0.15, 0.2) is 28.0 Å². The number of hydrogen-bond acceptors (Lipinski definition) is 5. The van der Waals surface area contributed by atoms with Gasteiger partial charge in [-0.25, -0.2) is 17.5 Å². The predicted octanol–water partition coefficient (Wildman–Crippen LogP) is 3.55. The SMILES string of the molecule is COc1ccc(-c2c(C#N)c(C(F)(F)F)nn2-c2ccc([SH](=O)=O)cc2)cc1F. The second-order valence-corrected chi connectivity index (χ2v) is 6.75. The van der Waals surface area contributed by atoms with Crippen LogP contribution in [0.3, 0.4) is 0 Å². The normalized spacial score (nSPS) is 11.5. The Labute approximate surface area is 163 Å². The van der Waals surface area contributed by atoms with E-state index in [0.29, 0.717) is 0 Å². The summed E-state index contributed by atoms with van der Waals surface area (Å²) >= 11 is 0. The largest absolute Gasteiger partial charge is 0.494 e. The number of ether oxygens (including phenoxy) is 1. The minimum Gasteiger partial charge on any atom is -0.494 e. The third kappa shape index (κ3) is 3.79. The van der Waals surface area contributed by atoms with Gasteiger partial charge in [0.05, 0.1) is 23.4 Å². The molecule has 0 spiro atoms. The summed E-state index contributed by atoms with van der Waals surface area (Å²) in [6, 6.07) is 9.74. The molecule has 0 radical (unpaired) electrons. The number of hydrogen-bond donors (Lipinski definition) is 1. The standard InChI is InChI=1S/C18H11F4N3O3S/c1-28-15-7-2-10(8-14(15)19)16-13(9-23)17(18(20,21)22)24-25(16)11-3-5-12(6-4-11)29(26)27/h2-8,29H,1H3. The average Bonchev–Trinajstić information content (AvgIpc) is 3.08. The molecule has 0 saturated heterocycles. The monoisotopic (exact) mass is 425 g/mol. The van der Waals surface area contributed by atoms with Crippen LogP contribution in [0.1, 0.15) is 11.3 Å². The number of alkyl halides is 3. The number of thiol groups is 1. The van der Waals surface area contributed by atoms with Gasteiger partial charge in [-0.15, -0.1) is 0 Å². The number of methoxy groups -OCH3 is 1. The van der Waals surface area contributed by atoms with Crippen molar-refractivity contribution in [2.24, 2.45) is 0 Å². The maximum Gasteiger partial charge on any atom is 0.436 e. The number of nitriles is 1. The number of benzene rings is 2. The van der Waals surface area contributed by atoms with Gasteiger partial charge >= 0.3 is 6.18 Å². The van der Waals surface area contributed by atoms with Crippen molar-refractivity contribution in [1.29, 1.82) is 5.26 Å². The fourth-order valence-electron chi connectivity index (χ4n) is 2.71. The van der Waals surface area contributed by atoms with Crippen molar-refractivity contribution in [1.82, 2.24) is 9.78 Å². The van der Waals surface area contributed by atoms with Crippen LogP contribution in [0, 0.1) is 17.1 Å². The fourth-order valence-corrected chi connectivity index (χ4v) is 3.10. The Hall–Kier alpha value is -3.39. The molecular formula is C18H11F4N3O3S. The van der Waals surface area contributed by atoms with Crippen molar-refractivity contribution in [2.45, 2.75) is 11.1 Å². The molecule has 0 unspecified atom stereocenters. The van der Waals surface area contributed by atoms with E-state index in [0.717, 1.165) is 10.7 Å². The Balaban J connectivity index is 2.32. The van der Waals surface area contributed by atoms with Crippen LogP contribution in [-0.4, -0.2) is 25.3 Å². The van der Waals surface area contributed by atoms with Gasteiger partial charge < -0.3 is 4.74 Å². The van der Waals surface area contributed by atoms with Crippen LogP contribution in [0.2, 0.25) is 0 Å². The van der Waals surface area contributed by atoms with Crippen LogP contribution < -0.4 is 4.74 Å². The first-order valence-corrected chi connectivity index (χ1v) is 9.04. The van der Waals surface area contributed by atoms with Crippen LogP contribution in [0.5, 0.6) is 5.75 Å². The Morgan fingerprint density at radius 3 is 2.28 bits per heavy atom. The van der Waals surface area contributed by atoms with Gasteiger partial charge in [-0.1, -0.05) is 0 Å². The van der Waals surface area contributed by atoms with Crippen molar-refractivity contribution in [3.05, 3.63) is 59.5 Å². The van der Waals surface area contributed by atoms with Gasteiger partial charge in [0, 0.05) is 5.56 Å². The molecule has 1 aromatic heterocycles. The maximum atomic E-state index is 14.2. The molecule has 3 rings (SSSR count). The zero-order valence-corrected chi connectivity index (χ0v) is 15.5. The van der Waals surface area contributed by atoms with E-state index in [1.807, 2.05) is 0 Å². The van der Waals surface area contributed by atoms with Gasteiger partial charge in [-0.05, 0) is 42.5 Å². The zero-order chi connectivity index (χ0) is 21.3. The van der Waals surface area contributed by atoms with Crippen molar-refractivity contribution in [2.75, 3.05) is 7.11 Å². The molecule has 3 aromatic rings. The summed E-state index contributed by atoms with van der Waals surface area (Å²) in [6.45, 7) is 0. The second-order valence-electron chi connectivity index (χ2n) is 5.72. The van der Waals surface area contributed by atoms with E-state index < -0.39 is 34.0 Å².